The number of carbonyl (C=O) groups excluding carboxylic acids is 3. The molecule has 2 amide bonds. The minimum atomic E-state index is -0.403. The van der Waals surface area contributed by atoms with E-state index in [1.54, 1.807) is 24.3 Å². The summed E-state index contributed by atoms with van der Waals surface area (Å²) >= 11 is 5.04. The summed E-state index contributed by atoms with van der Waals surface area (Å²) in [4.78, 5) is 34.0. The normalized spacial score (nSPS) is 9.75. The van der Waals surface area contributed by atoms with E-state index in [0.29, 0.717) is 18.0 Å². The number of esters is 1. The third-order valence-corrected chi connectivity index (χ3v) is 2.94. The Morgan fingerprint density at radius 2 is 1.62 bits per heavy atom. The lowest BCUT2D eigenvalue weighted by Gasteiger charge is -2.10. The van der Waals surface area contributed by atoms with Crippen LogP contribution >= 0.6 is 12.2 Å². The molecule has 0 heterocycles. The van der Waals surface area contributed by atoms with Crippen molar-refractivity contribution in [1.82, 2.24) is 5.32 Å². The predicted molar refractivity (Wildman–Crippen MR) is 95.6 cm³/mol. The summed E-state index contributed by atoms with van der Waals surface area (Å²) in [5.41, 5.74) is 1.32. The molecule has 0 aromatic heterocycles. The zero-order valence-corrected chi connectivity index (χ0v) is 14.5. The summed E-state index contributed by atoms with van der Waals surface area (Å²) < 4.78 is 4.88. The van der Waals surface area contributed by atoms with Gasteiger partial charge < -0.3 is 20.7 Å². The number of benzene rings is 1. The van der Waals surface area contributed by atoms with Crippen LogP contribution in [0.1, 0.15) is 33.1 Å². The molecule has 0 radical (unpaired) electrons. The molecule has 0 bridgehead atoms. The lowest BCUT2D eigenvalue weighted by atomic mass is 10.3. The van der Waals surface area contributed by atoms with Gasteiger partial charge in [-0.1, -0.05) is 6.92 Å². The molecular formula is C16H21N3O4S. The maximum absolute atomic E-state index is 11.7. The molecule has 0 spiro atoms. The smallest absolute Gasteiger partial charge is 0.306 e. The van der Waals surface area contributed by atoms with Gasteiger partial charge in [0, 0.05) is 24.7 Å². The van der Waals surface area contributed by atoms with Gasteiger partial charge in [0.1, 0.15) is 0 Å². The molecule has 0 unspecified atom stereocenters. The second-order valence-electron chi connectivity index (χ2n) is 4.98. The number of ether oxygens (including phenoxy) is 1. The first-order valence-electron chi connectivity index (χ1n) is 7.54. The molecule has 24 heavy (non-hydrogen) atoms. The Kier molecular flexibility index (Phi) is 8.42. The third-order valence-electron chi connectivity index (χ3n) is 2.74. The molecule has 3 N–H and O–H groups in total. The standard InChI is InChI=1S/C16H21N3O4S/c1-3-10-23-15(22)9-8-14(21)19-16(24)18-13-6-4-12(5-7-13)17-11(2)20/h4-7H,3,8-10H2,1-2H3,(H,17,20)(H2,18,19,21,24). The molecule has 1 aromatic carbocycles. The summed E-state index contributed by atoms with van der Waals surface area (Å²) in [6.07, 6.45) is 0.762. The van der Waals surface area contributed by atoms with E-state index in [4.69, 9.17) is 17.0 Å². The fourth-order valence-electron chi connectivity index (χ4n) is 1.70. The highest BCUT2D eigenvalue weighted by molar-refractivity contribution is 7.80. The number of amides is 2. The average Bonchev–Trinajstić information content (AvgIpc) is 2.52. The van der Waals surface area contributed by atoms with Crippen molar-refractivity contribution in [3.63, 3.8) is 0 Å². The van der Waals surface area contributed by atoms with E-state index in [1.807, 2.05) is 6.92 Å². The zero-order chi connectivity index (χ0) is 17.9. The van der Waals surface area contributed by atoms with Gasteiger partial charge in [0.25, 0.3) is 0 Å². The van der Waals surface area contributed by atoms with E-state index in [-0.39, 0.29) is 29.8 Å². The maximum Gasteiger partial charge on any atom is 0.306 e. The lowest BCUT2D eigenvalue weighted by molar-refractivity contribution is -0.144. The highest BCUT2D eigenvalue weighted by atomic mass is 32.1. The number of hydrogen-bond acceptors (Lipinski definition) is 5. The summed E-state index contributed by atoms with van der Waals surface area (Å²) in [5.74, 6) is -0.925. The van der Waals surface area contributed by atoms with Crippen LogP contribution in [0.2, 0.25) is 0 Å². The fraction of sp³-hybridized carbons (Fsp3) is 0.375. The molecule has 0 aliphatic rings. The Balaban J connectivity index is 2.35. The molecule has 1 rings (SSSR count). The average molecular weight is 351 g/mol. The summed E-state index contributed by atoms with van der Waals surface area (Å²) in [6.45, 7) is 3.68. The molecule has 0 aliphatic carbocycles. The van der Waals surface area contributed by atoms with Crippen molar-refractivity contribution in [2.45, 2.75) is 33.1 Å². The van der Waals surface area contributed by atoms with Crippen LogP contribution in [0.5, 0.6) is 0 Å². The maximum atomic E-state index is 11.7. The zero-order valence-electron chi connectivity index (χ0n) is 13.7. The van der Waals surface area contributed by atoms with E-state index in [0.717, 1.165) is 6.42 Å². The van der Waals surface area contributed by atoms with Crippen LogP contribution in [0.3, 0.4) is 0 Å². The van der Waals surface area contributed by atoms with Crippen LogP contribution in [-0.2, 0) is 19.1 Å². The Bertz CT molecular complexity index is 602. The van der Waals surface area contributed by atoms with Crippen molar-refractivity contribution < 1.29 is 19.1 Å². The van der Waals surface area contributed by atoms with Gasteiger partial charge in [0.2, 0.25) is 11.8 Å². The molecule has 7 nitrogen and oxygen atoms in total. The summed E-state index contributed by atoms with van der Waals surface area (Å²) in [5, 5.41) is 8.12. The monoisotopic (exact) mass is 351 g/mol. The van der Waals surface area contributed by atoms with Gasteiger partial charge in [-0.25, -0.2) is 0 Å². The molecule has 8 heteroatoms. The first-order valence-corrected chi connectivity index (χ1v) is 7.95. The number of anilines is 2. The molecule has 1 aromatic rings. The lowest BCUT2D eigenvalue weighted by Crippen LogP contribution is -2.34. The van der Waals surface area contributed by atoms with Crippen molar-refractivity contribution in [3.05, 3.63) is 24.3 Å². The van der Waals surface area contributed by atoms with Gasteiger partial charge in [0.05, 0.1) is 13.0 Å². The van der Waals surface area contributed by atoms with Crippen molar-refractivity contribution in [2.24, 2.45) is 0 Å². The quantitative estimate of drug-likeness (QED) is 0.515. The van der Waals surface area contributed by atoms with Crippen LogP contribution in [0.25, 0.3) is 0 Å². The van der Waals surface area contributed by atoms with E-state index in [1.165, 1.54) is 6.92 Å². The number of thiocarbonyl (C=S) groups is 1. The minimum absolute atomic E-state index is 0.00579. The van der Waals surface area contributed by atoms with E-state index >= 15 is 0 Å². The first-order chi connectivity index (χ1) is 11.4. The Hall–Kier alpha value is -2.48. The number of rotatable bonds is 7. The van der Waals surface area contributed by atoms with Crippen LogP contribution < -0.4 is 16.0 Å². The SMILES string of the molecule is CCCOC(=O)CCC(=O)NC(=S)Nc1ccc(NC(C)=O)cc1. The van der Waals surface area contributed by atoms with E-state index in [9.17, 15) is 14.4 Å². The van der Waals surface area contributed by atoms with Crippen molar-refractivity contribution in [3.8, 4) is 0 Å². The van der Waals surface area contributed by atoms with E-state index in [2.05, 4.69) is 16.0 Å². The predicted octanol–water partition coefficient (Wildman–Crippen LogP) is 2.19. The topological polar surface area (TPSA) is 96.5 Å². The largest absolute Gasteiger partial charge is 0.466 e. The van der Waals surface area contributed by atoms with E-state index < -0.39 is 5.97 Å². The Morgan fingerprint density at radius 3 is 2.17 bits per heavy atom. The second-order valence-corrected chi connectivity index (χ2v) is 5.39. The van der Waals surface area contributed by atoms with Crippen LogP contribution in [0.4, 0.5) is 11.4 Å². The molecule has 0 aliphatic heterocycles. The minimum Gasteiger partial charge on any atom is -0.466 e. The van der Waals surface area contributed by atoms with Gasteiger partial charge in [0.15, 0.2) is 5.11 Å². The molecule has 0 atom stereocenters. The summed E-state index contributed by atoms with van der Waals surface area (Å²) in [7, 11) is 0. The van der Waals surface area contributed by atoms with Crippen LogP contribution in [0.15, 0.2) is 24.3 Å². The van der Waals surface area contributed by atoms with Crippen LogP contribution in [0, 0.1) is 0 Å². The molecule has 130 valence electrons. The fourth-order valence-corrected chi connectivity index (χ4v) is 1.93. The van der Waals surface area contributed by atoms with Gasteiger partial charge in [-0.3, -0.25) is 14.4 Å². The number of carbonyl (C=O) groups is 3. The second kappa shape index (κ2) is 10.3. The molecular weight excluding hydrogens is 330 g/mol. The van der Waals surface area contributed by atoms with Gasteiger partial charge >= 0.3 is 5.97 Å². The van der Waals surface area contributed by atoms with Crippen LogP contribution in [-0.4, -0.2) is 29.5 Å². The molecule has 0 saturated carbocycles. The van der Waals surface area contributed by atoms with Gasteiger partial charge in [-0.15, -0.1) is 0 Å². The van der Waals surface area contributed by atoms with Gasteiger partial charge in [-0.2, -0.15) is 0 Å². The first kappa shape index (κ1) is 19.6. The number of nitrogens with one attached hydrogen (secondary N) is 3. The molecule has 0 fully saturated rings. The third kappa shape index (κ3) is 8.23. The van der Waals surface area contributed by atoms with Gasteiger partial charge in [-0.05, 0) is 42.9 Å². The molecule has 0 saturated heterocycles. The Labute approximate surface area is 146 Å². The number of hydrogen-bond donors (Lipinski definition) is 3. The highest BCUT2D eigenvalue weighted by Gasteiger charge is 2.09. The van der Waals surface area contributed by atoms with Crippen molar-refractivity contribution >= 4 is 46.5 Å². The van der Waals surface area contributed by atoms with Crippen molar-refractivity contribution in [1.29, 1.82) is 0 Å². The highest BCUT2D eigenvalue weighted by Crippen LogP contribution is 2.13. The summed E-state index contributed by atoms with van der Waals surface area (Å²) in [6, 6.07) is 6.84. The van der Waals surface area contributed by atoms with Crippen molar-refractivity contribution in [2.75, 3.05) is 17.2 Å². The Morgan fingerprint density at radius 1 is 1.04 bits per heavy atom.